The van der Waals surface area contributed by atoms with Crippen molar-refractivity contribution in [1.82, 2.24) is 0 Å². The maximum absolute atomic E-state index is 5.21. The number of hydrogen-bond donors (Lipinski definition) is 0. The van der Waals surface area contributed by atoms with Gasteiger partial charge in [0.2, 0.25) is 0 Å². The SMILES string of the molecule is CC(C)Sc1c(SC(C)C)c1=S. The predicted octanol–water partition coefficient (Wildman–Crippen LogP) is 4.29. The molecule has 0 amide bonds. The topological polar surface area (TPSA) is 0 Å². The average Bonchev–Trinajstić information content (AvgIpc) is 2.43. The van der Waals surface area contributed by atoms with Crippen molar-refractivity contribution < 1.29 is 0 Å². The van der Waals surface area contributed by atoms with Gasteiger partial charge in [-0.3, -0.25) is 0 Å². The summed E-state index contributed by atoms with van der Waals surface area (Å²) in [5, 5.41) is 1.31. The highest BCUT2D eigenvalue weighted by Gasteiger charge is 2.20. The average molecular weight is 218 g/mol. The van der Waals surface area contributed by atoms with Gasteiger partial charge in [-0.1, -0.05) is 39.9 Å². The van der Waals surface area contributed by atoms with Crippen molar-refractivity contribution in [3.63, 3.8) is 0 Å². The Balaban J connectivity index is 2.49. The van der Waals surface area contributed by atoms with E-state index in [4.69, 9.17) is 12.2 Å². The Morgan fingerprint density at radius 1 is 0.917 bits per heavy atom. The summed E-state index contributed by atoms with van der Waals surface area (Å²) in [5.41, 5.74) is 0. The molecule has 0 heterocycles. The van der Waals surface area contributed by atoms with Gasteiger partial charge in [-0.05, 0) is 0 Å². The molecule has 0 bridgehead atoms. The fourth-order valence-corrected chi connectivity index (χ4v) is 3.43. The molecule has 0 spiro atoms. The molecule has 68 valence electrons. The predicted molar refractivity (Wildman–Crippen MR) is 61.6 cm³/mol. The van der Waals surface area contributed by atoms with Gasteiger partial charge in [0, 0.05) is 20.3 Å². The minimum Gasteiger partial charge on any atom is -0.121 e. The maximum Gasteiger partial charge on any atom is 0.0672 e. The summed E-state index contributed by atoms with van der Waals surface area (Å²) in [6, 6.07) is 0. The van der Waals surface area contributed by atoms with E-state index in [0.29, 0.717) is 10.5 Å². The second kappa shape index (κ2) is 4.16. The Bertz CT molecular complexity index is 241. The van der Waals surface area contributed by atoms with Crippen LogP contribution in [0.25, 0.3) is 0 Å². The van der Waals surface area contributed by atoms with E-state index in [1.807, 2.05) is 23.5 Å². The molecule has 0 N–H and O–H groups in total. The summed E-state index contributed by atoms with van der Waals surface area (Å²) in [6.45, 7) is 8.82. The van der Waals surface area contributed by atoms with Crippen LogP contribution in [0.5, 0.6) is 0 Å². The second-order valence-electron chi connectivity index (χ2n) is 3.32. The zero-order chi connectivity index (χ0) is 9.30. The summed E-state index contributed by atoms with van der Waals surface area (Å²) >= 11 is 9.00. The highest BCUT2D eigenvalue weighted by atomic mass is 32.2. The molecular formula is C9H14S3. The van der Waals surface area contributed by atoms with E-state index >= 15 is 0 Å². The lowest BCUT2D eigenvalue weighted by Crippen LogP contribution is -1.83. The lowest BCUT2D eigenvalue weighted by Gasteiger charge is -1.99. The molecule has 0 aromatic heterocycles. The van der Waals surface area contributed by atoms with Gasteiger partial charge in [-0.15, -0.1) is 23.5 Å². The molecule has 12 heavy (non-hydrogen) atoms. The lowest BCUT2D eigenvalue weighted by molar-refractivity contribution is 1.11. The molecule has 0 fully saturated rings. The molecule has 0 aliphatic heterocycles. The van der Waals surface area contributed by atoms with Gasteiger partial charge in [0.1, 0.15) is 0 Å². The highest BCUT2D eigenvalue weighted by molar-refractivity contribution is 8.04. The zero-order valence-electron chi connectivity index (χ0n) is 7.88. The molecular weight excluding hydrogens is 204 g/mol. The Hall–Kier alpha value is 0.530. The second-order valence-corrected chi connectivity index (χ2v) is 6.90. The van der Waals surface area contributed by atoms with E-state index in [0.717, 1.165) is 4.51 Å². The largest absolute Gasteiger partial charge is 0.121 e. The minimum absolute atomic E-state index is 0.656. The molecule has 1 rings (SSSR count). The molecule has 1 aromatic carbocycles. The van der Waals surface area contributed by atoms with Crippen molar-refractivity contribution in [3.8, 4) is 0 Å². The van der Waals surface area contributed by atoms with Crippen molar-refractivity contribution in [2.45, 2.75) is 48.0 Å². The summed E-state index contributed by atoms with van der Waals surface area (Å²) < 4.78 is 1.12. The first kappa shape index (κ1) is 10.6. The summed E-state index contributed by atoms with van der Waals surface area (Å²) in [6.07, 6.45) is 0. The van der Waals surface area contributed by atoms with Gasteiger partial charge < -0.3 is 0 Å². The first-order valence-corrected chi connectivity index (χ1v) is 6.31. The first-order valence-electron chi connectivity index (χ1n) is 4.14. The van der Waals surface area contributed by atoms with Crippen LogP contribution in [0.3, 0.4) is 0 Å². The summed E-state index contributed by atoms with van der Waals surface area (Å²) in [5.74, 6) is 0. The van der Waals surface area contributed by atoms with E-state index in [1.54, 1.807) is 0 Å². The summed E-state index contributed by atoms with van der Waals surface area (Å²) in [4.78, 5) is 2.75. The Kier molecular flexibility index (Phi) is 3.68. The van der Waals surface area contributed by atoms with Crippen molar-refractivity contribution >= 4 is 35.7 Å². The molecule has 0 nitrogen and oxygen atoms in total. The Morgan fingerprint density at radius 2 is 1.25 bits per heavy atom. The normalized spacial score (nSPS) is 12.2. The van der Waals surface area contributed by atoms with Gasteiger partial charge in [-0.2, -0.15) is 0 Å². The summed E-state index contributed by atoms with van der Waals surface area (Å²) in [7, 11) is 0. The van der Waals surface area contributed by atoms with Crippen LogP contribution in [0.1, 0.15) is 27.7 Å². The molecule has 1 aromatic rings. The van der Waals surface area contributed by atoms with Crippen molar-refractivity contribution in [2.75, 3.05) is 0 Å². The van der Waals surface area contributed by atoms with Gasteiger partial charge in [0.15, 0.2) is 0 Å². The van der Waals surface area contributed by atoms with Crippen molar-refractivity contribution in [2.24, 2.45) is 0 Å². The van der Waals surface area contributed by atoms with Crippen LogP contribution in [0.15, 0.2) is 9.79 Å². The number of rotatable bonds is 4. The molecule has 0 aliphatic rings. The zero-order valence-corrected chi connectivity index (χ0v) is 10.3. The number of thioether (sulfide) groups is 2. The van der Waals surface area contributed by atoms with E-state index in [9.17, 15) is 0 Å². The molecule has 0 atom stereocenters. The van der Waals surface area contributed by atoms with Crippen LogP contribution in [0, 0.1) is 4.51 Å². The minimum atomic E-state index is 0.656. The first-order chi connectivity index (χ1) is 5.52. The van der Waals surface area contributed by atoms with Gasteiger partial charge in [-0.25, -0.2) is 0 Å². The van der Waals surface area contributed by atoms with Gasteiger partial charge in [0.25, 0.3) is 0 Å². The quantitative estimate of drug-likeness (QED) is 0.546. The van der Waals surface area contributed by atoms with Crippen LogP contribution in [-0.4, -0.2) is 10.5 Å². The molecule has 0 radical (unpaired) electrons. The number of hydrogen-bond acceptors (Lipinski definition) is 3. The molecule has 0 unspecified atom stereocenters. The molecule has 3 heteroatoms. The fourth-order valence-electron chi connectivity index (χ4n) is 0.825. The molecule has 0 saturated heterocycles. The Morgan fingerprint density at radius 3 is 1.50 bits per heavy atom. The van der Waals surface area contributed by atoms with Crippen LogP contribution < -0.4 is 0 Å². The highest BCUT2D eigenvalue weighted by Crippen LogP contribution is 2.45. The van der Waals surface area contributed by atoms with Crippen LogP contribution in [0.2, 0.25) is 0 Å². The van der Waals surface area contributed by atoms with Crippen molar-refractivity contribution in [1.29, 1.82) is 0 Å². The van der Waals surface area contributed by atoms with Gasteiger partial charge in [0.05, 0.1) is 4.51 Å². The van der Waals surface area contributed by atoms with Crippen LogP contribution in [0.4, 0.5) is 0 Å². The monoisotopic (exact) mass is 218 g/mol. The standard InChI is InChI=1S/C9H14S3/c1-5(2)11-8-7(10)9(8)12-6(3)4/h5-6H,1-4H3. The lowest BCUT2D eigenvalue weighted by atomic mass is 10.6. The van der Waals surface area contributed by atoms with Crippen LogP contribution >= 0.6 is 35.7 Å². The third-order valence-electron chi connectivity index (χ3n) is 1.26. The van der Waals surface area contributed by atoms with E-state index in [-0.39, 0.29) is 0 Å². The van der Waals surface area contributed by atoms with Crippen LogP contribution in [-0.2, 0) is 0 Å². The maximum atomic E-state index is 5.21. The van der Waals surface area contributed by atoms with E-state index < -0.39 is 0 Å². The Labute approximate surface area is 88.2 Å². The third kappa shape index (κ3) is 2.79. The smallest absolute Gasteiger partial charge is 0.0672 e. The molecule has 0 saturated carbocycles. The van der Waals surface area contributed by atoms with Crippen molar-refractivity contribution in [3.05, 3.63) is 4.51 Å². The van der Waals surface area contributed by atoms with E-state index in [2.05, 4.69) is 27.7 Å². The van der Waals surface area contributed by atoms with Gasteiger partial charge >= 0.3 is 0 Å². The fraction of sp³-hybridized carbons (Fsp3) is 0.667. The van der Waals surface area contributed by atoms with E-state index in [1.165, 1.54) is 9.79 Å². The molecule has 0 aliphatic carbocycles. The third-order valence-corrected chi connectivity index (χ3v) is 4.29.